The number of aromatic nitrogens is 1. The number of hydrogen-bond donors (Lipinski definition) is 0. The highest BCUT2D eigenvalue weighted by Gasteiger charge is 2.23. The molecule has 20 heavy (non-hydrogen) atoms. The first kappa shape index (κ1) is 13.5. The van der Waals surface area contributed by atoms with Crippen molar-refractivity contribution in [2.24, 2.45) is 0 Å². The average molecular weight is 285 g/mol. The molecule has 3 heteroatoms. The van der Waals surface area contributed by atoms with Crippen molar-refractivity contribution < 1.29 is 4.79 Å². The Morgan fingerprint density at radius 2 is 2.00 bits per heavy atom. The fourth-order valence-electron chi connectivity index (χ4n) is 3.10. The summed E-state index contributed by atoms with van der Waals surface area (Å²) in [5.41, 5.74) is 6.57. The monoisotopic (exact) mass is 285 g/mol. The van der Waals surface area contributed by atoms with Crippen LogP contribution >= 0.6 is 11.8 Å². The lowest BCUT2D eigenvalue weighted by atomic mass is 9.86. The number of hydrogen-bond acceptors (Lipinski definition) is 2. The Bertz CT molecular complexity index is 657. The molecule has 0 aliphatic heterocycles. The van der Waals surface area contributed by atoms with Gasteiger partial charge in [0.05, 0.1) is 0 Å². The van der Waals surface area contributed by atoms with Crippen LogP contribution in [-0.4, -0.2) is 22.5 Å². The van der Waals surface area contributed by atoms with Gasteiger partial charge < -0.3 is 0 Å². The molecule has 0 saturated carbocycles. The zero-order valence-corrected chi connectivity index (χ0v) is 12.8. The Hall–Kier alpha value is -1.48. The number of benzene rings is 1. The van der Waals surface area contributed by atoms with Gasteiger partial charge in [-0.05, 0) is 48.0 Å². The van der Waals surface area contributed by atoms with Crippen molar-refractivity contribution >= 4 is 17.7 Å². The van der Waals surface area contributed by atoms with E-state index in [0.29, 0.717) is 0 Å². The summed E-state index contributed by atoms with van der Waals surface area (Å²) in [7, 11) is 0. The van der Waals surface area contributed by atoms with Crippen LogP contribution in [0.5, 0.6) is 0 Å². The van der Waals surface area contributed by atoms with E-state index in [1.54, 1.807) is 6.92 Å². The molecule has 1 aliphatic carbocycles. The molecule has 1 aliphatic rings. The Labute approximate surface area is 124 Å². The van der Waals surface area contributed by atoms with E-state index in [1.165, 1.54) is 27.9 Å². The molecule has 1 heterocycles. The molecule has 2 nitrogen and oxygen atoms in total. The van der Waals surface area contributed by atoms with Crippen LogP contribution in [-0.2, 0) is 19.3 Å². The van der Waals surface area contributed by atoms with E-state index in [2.05, 4.69) is 36.7 Å². The normalized spacial score (nSPS) is 12.9. The van der Waals surface area contributed by atoms with Crippen molar-refractivity contribution in [1.82, 2.24) is 4.57 Å². The van der Waals surface area contributed by atoms with Gasteiger partial charge in [0.1, 0.15) is 0 Å². The van der Waals surface area contributed by atoms with Crippen molar-refractivity contribution in [3.8, 4) is 11.1 Å². The van der Waals surface area contributed by atoms with Gasteiger partial charge in [-0.15, -0.1) is 0 Å². The minimum atomic E-state index is 0.119. The number of fused-ring (bicyclic) bond motifs is 3. The van der Waals surface area contributed by atoms with Crippen LogP contribution in [0, 0.1) is 0 Å². The van der Waals surface area contributed by atoms with Crippen LogP contribution in [0.2, 0.25) is 0 Å². The molecular formula is C17H19NOS. The number of carbonyl (C=O) groups is 1. The second kappa shape index (κ2) is 5.49. The van der Waals surface area contributed by atoms with E-state index in [9.17, 15) is 4.79 Å². The lowest BCUT2D eigenvalue weighted by Crippen LogP contribution is -2.10. The van der Waals surface area contributed by atoms with Crippen LogP contribution in [0.25, 0.3) is 11.1 Å². The van der Waals surface area contributed by atoms with Crippen molar-refractivity contribution in [1.29, 1.82) is 0 Å². The summed E-state index contributed by atoms with van der Waals surface area (Å²) in [4.78, 5) is 11.9. The van der Waals surface area contributed by atoms with Crippen LogP contribution in [0.3, 0.4) is 0 Å². The average Bonchev–Trinajstić information content (AvgIpc) is 2.84. The minimum absolute atomic E-state index is 0.119. The third kappa shape index (κ3) is 2.20. The molecule has 0 saturated heterocycles. The number of rotatable bonds is 3. The third-order valence-corrected chi connectivity index (χ3v) is 4.63. The number of carbonyl (C=O) groups excluding carboxylic acids is 1. The summed E-state index contributed by atoms with van der Waals surface area (Å²) in [5.74, 6) is 1.17. The molecule has 0 amide bonds. The quantitative estimate of drug-likeness (QED) is 0.855. The first-order chi connectivity index (χ1) is 9.72. The molecule has 3 rings (SSSR count). The number of nitrogens with zero attached hydrogens (tertiary/aromatic N) is 1. The van der Waals surface area contributed by atoms with Gasteiger partial charge in [-0.2, -0.15) is 11.8 Å². The van der Waals surface area contributed by atoms with Crippen LogP contribution in [0.15, 0.2) is 30.5 Å². The SMILES string of the molecule is CSCCc1c2c(cn1C(C)=O)CCc1ccccc1-2. The lowest BCUT2D eigenvalue weighted by molar-refractivity contribution is 0.0934. The molecule has 2 aromatic rings. The van der Waals surface area contributed by atoms with Gasteiger partial charge in [0.15, 0.2) is 0 Å². The Morgan fingerprint density at radius 1 is 1.25 bits per heavy atom. The van der Waals surface area contributed by atoms with Gasteiger partial charge in [-0.25, -0.2) is 0 Å². The predicted molar refractivity (Wildman–Crippen MR) is 85.7 cm³/mol. The molecule has 1 aromatic heterocycles. The van der Waals surface area contributed by atoms with Crippen LogP contribution in [0.1, 0.15) is 28.5 Å². The van der Waals surface area contributed by atoms with Gasteiger partial charge in [-0.3, -0.25) is 9.36 Å². The molecule has 0 fully saturated rings. The van der Waals surface area contributed by atoms with Gasteiger partial charge >= 0.3 is 0 Å². The van der Waals surface area contributed by atoms with Crippen LogP contribution < -0.4 is 0 Å². The standard InChI is InChI=1S/C17H19NOS/c1-12(19)18-11-14-8-7-13-5-3-4-6-15(13)17(14)16(18)9-10-20-2/h3-6,11H,7-10H2,1-2H3. The summed E-state index contributed by atoms with van der Waals surface area (Å²) in [6.45, 7) is 1.65. The Kier molecular flexibility index (Phi) is 3.70. The van der Waals surface area contributed by atoms with Crippen molar-refractivity contribution in [2.45, 2.75) is 26.2 Å². The predicted octanol–water partition coefficient (Wildman–Crippen LogP) is 3.82. The van der Waals surface area contributed by atoms with Crippen molar-refractivity contribution in [3.05, 3.63) is 47.3 Å². The van der Waals surface area contributed by atoms with E-state index in [-0.39, 0.29) is 5.91 Å². The fraction of sp³-hybridized carbons (Fsp3) is 0.353. The number of thioether (sulfide) groups is 1. The van der Waals surface area contributed by atoms with E-state index in [4.69, 9.17) is 0 Å². The van der Waals surface area contributed by atoms with E-state index in [1.807, 2.05) is 16.3 Å². The number of aryl methyl sites for hydroxylation is 2. The second-order valence-corrected chi connectivity index (χ2v) is 6.25. The van der Waals surface area contributed by atoms with E-state index in [0.717, 1.165) is 25.0 Å². The van der Waals surface area contributed by atoms with Crippen LogP contribution in [0.4, 0.5) is 0 Å². The fourth-order valence-corrected chi connectivity index (χ4v) is 3.50. The molecule has 0 spiro atoms. The van der Waals surface area contributed by atoms with Crippen molar-refractivity contribution in [2.75, 3.05) is 12.0 Å². The molecule has 0 atom stereocenters. The summed E-state index contributed by atoms with van der Waals surface area (Å²) in [6, 6.07) is 8.60. The molecule has 0 radical (unpaired) electrons. The largest absolute Gasteiger partial charge is 0.291 e. The van der Waals surface area contributed by atoms with Gasteiger partial charge in [-0.1, -0.05) is 24.3 Å². The Balaban J connectivity index is 2.18. The first-order valence-corrected chi connectivity index (χ1v) is 8.43. The molecule has 1 aromatic carbocycles. The first-order valence-electron chi connectivity index (χ1n) is 7.03. The smallest absolute Gasteiger partial charge is 0.227 e. The topological polar surface area (TPSA) is 22.0 Å². The maximum Gasteiger partial charge on any atom is 0.227 e. The van der Waals surface area contributed by atoms with Crippen molar-refractivity contribution in [3.63, 3.8) is 0 Å². The summed E-state index contributed by atoms with van der Waals surface area (Å²) in [5, 5.41) is 0. The highest BCUT2D eigenvalue weighted by molar-refractivity contribution is 7.98. The summed E-state index contributed by atoms with van der Waals surface area (Å²) < 4.78 is 1.86. The van der Waals surface area contributed by atoms with E-state index >= 15 is 0 Å². The summed E-state index contributed by atoms with van der Waals surface area (Å²) in [6.07, 6.45) is 7.24. The van der Waals surface area contributed by atoms with Gasteiger partial charge in [0.25, 0.3) is 0 Å². The highest BCUT2D eigenvalue weighted by Crippen LogP contribution is 2.37. The maximum absolute atomic E-state index is 11.9. The maximum atomic E-state index is 11.9. The zero-order valence-electron chi connectivity index (χ0n) is 12.0. The molecule has 0 bridgehead atoms. The molecule has 0 unspecified atom stereocenters. The van der Waals surface area contributed by atoms with E-state index < -0.39 is 0 Å². The molecule has 104 valence electrons. The third-order valence-electron chi connectivity index (χ3n) is 4.02. The molecule has 0 N–H and O–H groups in total. The minimum Gasteiger partial charge on any atom is -0.291 e. The highest BCUT2D eigenvalue weighted by atomic mass is 32.2. The lowest BCUT2D eigenvalue weighted by Gasteiger charge is -2.18. The zero-order chi connectivity index (χ0) is 14.1. The summed E-state index contributed by atoms with van der Waals surface area (Å²) >= 11 is 1.83. The molecular weight excluding hydrogens is 266 g/mol. The van der Waals surface area contributed by atoms with Gasteiger partial charge in [0, 0.05) is 24.4 Å². The second-order valence-electron chi connectivity index (χ2n) is 5.26. The van der Waals surface area contributed by atoms with Gasteiger partial charge in [0.2, 0.25) is 5.91 Å². The Morgan fingerprint density at radius 3 is 2.75 bits per heavy atom.